The van der Waals surface area contributed by atoms with Gasteiger partial charge in [-0.1, -0.05) is 12.1 Å². The summed E-state index contributed by atoms with van der Waals surface area (Å²) in [6.07, 6.45) is 4.74. The molecule has 0 atom stereocenters. The number of benzene rings is 1. The summed E-state index contributed by atoms with van der Waals surface area (Å²) in [5.41, 5.74) is 6.28. The van der Waals surface area contributed by atoms with E-state index in [-0.39, 0.29) is 12.3 Å². The lowest BCUT2D eigenvalue weighted by Crippen LogP contribution is -2.14. The van der Waals surface area contributed by atoms with Crippen LogP contribution >= 0.6 is 34.0 Å². The Morgan fingerprint density at radius 2 is 2.00 bits per heavy atom. The van der Waals surface area contributed by atoms with Crippen LogP contribution in [0.3, 0.4) is 0 Å². The number of carbonyl (C=O) groups excluding carboxylic acids is 1. The molecule has 0 bridgehead atoms. The van der Waals surface area contributed by atoms with Gasteiger partial charge in [0.2, 0.25) is 5.91 Å². The van der Waals surface area contributed by atoms with Crippen molar-refractivity contribution in [3.8, 4) is 22.0 Å². The number of carbonyl (C=O) groups is 1. The van der Waals surface area contributed by atoms with E-state index in [0.29, 0.717) is 0 Å². The van der Waals surface area contributed by atoms with Crippen LogP contribution in [0.1, 0.15) is 29.0 Å². The average Bonchev–Trinajstić information content (AvgIpc) is 3.57. The zero-order chi connectivity index (χ0) is 21.5. The minimum Gasteiger partial charge on any atom is -0.338 e. The maximum atomic E-state index is 13.0. The first-order valence-corrected chi connectivity index (χ1v) is 13.2. The number of aromatic amines is 1. The van der Waals surface area contributed by atoms with Crippen molar-refractivity contribution in [3.63, 3.8) is 0 Å². The Hall–Kier alpha value is -2.81. The van der Waals surface area contributed by atoms with Gasteiger partial charge in [-0.25, -0.2) is 9.97 Å². The van der Waals surface area contributed by atoms with E-state index >= 15 is 0 Å². The van der Waals surface area contributed by atoms with Gasteiger partial charge in [-0.2, -0.15) is 11.3 Å². The minimum absolute atomic E-state index is 0.0388. The maximum Gasteiger partial charge on any atom is 0.231 e. The molecule has 1 aliphatic rings. The van der Waals surface area contributed by atoms with Crippen molar-refractivity contribution in [1.82, 2.24) is 15.0 Å². The fourth-order valence-corrected chi connectivity index (χ4v) is 7.06. The van der Waals surface area contributed by atoms with Gasteiger partial charge in [0.25, 0.3) is 0 Å². The molecule has 0 aliphatic heterocycles. The molecule has 4 heterocycles. The van der Waals surface area contributed by atoms with Gasteiger partial charge in [-0.3, -0.25) is 4.79 Å². The molecule has 32 heavy (non-hydrogen) atoms. The molecule has 4 aromatic heterocycles. The van der Waals surface area contributed by atoms with Crippen LogP contribution in [-0.2, 0) is 24.1 Å². The summed E-state index contributed by atoms with van der Waals surface area (Å²) in [5, 5.41) is 11.2. The molecule has 5 nitrogen and oxygen atoms in total. The highest BCUT2D eigenvalue weighted by Crippen LogP contribution is 2.43. The van der Waals surface area contributed by atoms with Crippen molar-refractivity contribution < 1.29 is 4.79 Å². The predicted molar refractivity (Wildman–Crippen MR) is 134 cm³/mol. The van der Waals surface area contributed by atoms with Crippen LogP contribution in [0.4, 0.5) is 5.00 Å². The van der Waals surface area contributed by atoms with Crippen molar-refractivity contribution in [2.75, 3.05) is 5.32 Å². The van der Waals surface area contributed by atoms with Crippen molar-refractivity contribution in [2.24, 2.45) is 0 Å². The van der Waals surface area contributed by atoms with Crippen molar-refractivity contribution >= 4 is 56.0 Å². The van der Waals surface area contributed by atoms with Crippen molar-refractivity contribution in [1.29, 1.82) is 0 Å². The van der Waals surface area contributed by atoms with Gasteiger partial charge in [-0.15, -0.1) is 22.7 Å². The molecule has 0 spiro atoms. The fraction of sp³-hybridized carbons (Fsp3) is 0.208. The summed E-state index contributed by atoms with van der Waals surface area (Å²) in [7, 11) is 0. The predicted octanol–water partition coefficient (Wildman–Crippen LogP) is 6.54. The molecule has 160 valence electrons. The highest BCUT2D eigenvalue weighted by atomic mass is 32.1. The van der Waals surface area contributed by atoms with Gasteiger partial charge in [0.1, 0.15) is 15.8 Å². The molecular formula is C24H20N4OS3. The number of fused-ring (bicyclic) bond motifs is 2. The summed E-state index contributed by atoms with van der Waals surface area (Å²) in [4.78, 5) is 27.3. The van der Waals surface area contributed by atoms with E-state index in [2.05, 4.69) is 26.7 Å². The number of rotatable bonds is 5. The Morgan fingerprint density at radius 1 is 1.09 bits per heavy atom. The monoisotopic (exact) mass is 476 g/mol. The van der Waals surface area contributed by atoms with E-state index in [1.807, 2.05) is 35.0 Å². The Labute approximate surface area is 197 Å². The Balaban J connectivity index is 1.30. The summed E-state index contributed by atoms with van der Waals surface area (Å²) in [5.74, 6) is 0.803. The normalized spacial score (nSPS) is 13.4. The summed E-state index contributed by atoms with van der Waals surface area (Å²) >= 11 is 4.94. The number of imidazole rings is 1. The lowest BCUT2D eigenvalue weighted by atomic mass is 9.95. The lowest BCUT2D eigenvalue weighted by Gasteiger charge is -2.12. The van der Waals surface area contributed by atoms with Gasteiger partial charge in [0, 0.05) is 21.2 Å². The Kier molecular flexibility index (Phi) is 5.13. The van der Waals surface area contributed by atoms with Crippen LogP contribution in [0.2, 0.25) is 0 Å². The molecule has 5 aromatic rings. The van der Waals surface area contributed by atoms with Crippen LogP contribution < -0.4 is 5.32 Å². The highest BCUT2D eigenvalue weighted by molar-refractivity contribution is 7.17. The number of para-hydroxylation sites is 2. The Bertz CT molecular complexity index is 1380. The van der Waals surface area contributed by atoms with Gasteiger partial charge >= 0.3 is 0 Å². The average molecular weight is 477 g/mol. The number of amides is 1. The largest absolute Gasteiger partial charge is 0.338 e. The second-order valence-corrected chi connectivity index (χ2v) is 10.6. The molecule has 1 aromatic carbocycles. The number of aryl methyl sites for hydroxylation is 1. The van der Waals surface area contributed by atoms with Crippen LogP contribution in [0.5, 0.6) is 0 Å². The van der Waals surface area contributed by atoms with E-state index in [4.69, 9.17) is 4.98 Å². The molecule has 6 rings (SSSR count). The summed E-state index contributed by atoms with van der Waals surface area (Å²) in [6, 6.07) is 10.1. The van der Waals surface area contributed by atoms with E-state index < -0.39 is 0 Å². The van der Waals surface area contributed by atoms with E-state index in [1.165, 1.54) is 23.3 Å². The number of nitrogens with zero attached hydrogens (tertiary/aromatic N) is 2. The number of anilines is 1. The van der Waals surface area contributed by atoms with Crippen LogP contribution in [-0.4, -0.2) is 20.9 Å². The molecule has 0 radical (unpaired) electrons. The SMILES string of the molecule is O=C(Cc1csc(-c2ccsc2)n1)Nc1sc2c(c1-c1nc3ccccc3[nH]1)CCCC2. The first-order chi connectivity index (χ1) is 15.7. The summed E-state index contributed by atoms with van der Waals surface area (Å²) in [6.45, 7) is 0. The highest BCUT2D eigenvalue weighted by Gasteiger charge is 2.25. The molecule has 8 heteroatoms. The summed E-state index contributed by atoms with van der Waals surface area (Å²) < 4.78 is 0. The molecule has 0 unspecified atom stereocenters. The third-order valence-electron chi connectivity index (χ3n) is 5.71. The number of nitrogens with one attached hydrogen (secondary N) is 2. The molecule has 0 saturated heterocycles. The van der Waals surface area contributed by atoms with Gasteiger partial charge in [-0.05, 0) is 54.8 Å². The molecule has 0 saturated carbocycles. The van der Waals surface area contributed by atoms with Crippen molar-refractivity contribution in [2.45, 2.75) is 32.1 Å². The molecule has 0 fully saturated rings. The zero-order valence-corrected chi connectivity index (χ0v) is 19.6. The molecule has 2 N–H and O–H groups in total. The molecule has 1 aliphatic carbocycles. The quantitative estimate of drug-likeness (QED) is 0.303. The minimum atomic E-state index is -0.0388. The van der Waals surface area contributed by atoms with E-state index in [1.54, 1.807) is 34.0 Å². The van der Waals surface area contributed by atoms with Gasteiger partial charge < -0.3 is 10.3 Å². The third-order valence-corrected chi connectivity index (χ3v) is 8.54. The lowest BCUT2D eigenvalue weighted by molar-refractivity contribution is -0.115. The Morgan fingerprint density at radius 3 is 2.88 bits per heavy atom. The number of hydrogen-bond acceptors (Lipinski definition) is 6. The van der Waals surface area contributed by atoms with E-state index in [9.17, 15) is 4.79 Å². The molecule has 1 amide bonds. The first kappa shape index (κ1) is 19.8. The number of H-pyrrole nitrogens is 1. The van der Waals surface area contributed by atoms with Crippen molar-refractivity contribution in [3.05, 3.63) is 62.6 Å². The molecular weight excluding hydrogens is 456 g/mol. The van der Waals surface area contributed by atoms with Gasteiger partial charge in [0.15, 0.2) is 0 Å². The standard InChI is InChI=1S/C24H20N4OS3/c29-20(11-15-13-31-23(25-15)14-9-10-30-12-14)28-24-21(16-5-1-4-8-19(16)32-24)22-26-17-6-2-3-7-18(17)27-22/h2-3,6-7,9-10,12-13H,1,4-5,8,11H2,(H,26,27)(H,28,29). The number of thiazole rings is 1. The maximum absolute atomic E-state index is 13.0. The fourth-order valence-electron chi connectivity index (χ4n) is 4.22. The second-order valence-electron chi connectivity index (χ2n) is 7.90. The topological polar surface area (TPSA) is 70.7 Å². The van der Waals surface area contributed by atoms with E-state index in [0.717, 1.165) is 56.5 Å². The zero-order valence-electron chi connectivity index (χ0n) is 17.2. The second kappa shape index (κ2) is 8.27. The first-order valence-electron chi connectivity index (χ1n) is 10.6. The van der Waals surface area contributed by atoms with Crippen LogP contribution in [0.25, 0.3) is 33.0 Å². The van der Waals surface area contributed by atoms with Crippen LogP contribution in [0, 0.1) is 0 Å². The van der Waals surface area contributed by atoms with Gasteiger partial charge in [0.05, 0.1) is 28.7 Å². The van der Waals surface area contributed by atoms with Crippen LogP contribution in [0.15, 0.2) is 46.5 Å². The smallest absolute Gasteiger partial charge is 0.231 e. The number of hydrogen-bond donors (Lipinski definition) is 2. The number of thiophene rings is 2. The third kappa shape index (κ3) is 3.68. The number of aromatic nitrogens is 3.